The van der Waals surface area contributed by atoms with E-state index in [0.717, 1.165) is 9.26 Å². The maximum Gasteiger partial charge on any atom is 0.411 e. The molecule has 1 fully saturated rings. The number of nitrogens with zero attached hydrogens (tertiary/aromatic N) is 2. The number of amides is 2. The van der Waals surface area contributed by atoms with Crippen molar-refractivity contribution in [1.82, 2.24) is 9.80 Å². The van der Waals surface area contributed by atoms with Gasteiger partial charge in [0.15, 0.2) is 0 Å². The molecule has 2 rings (SSSR count). The molecule has 0 spiro atoms. The van der Waals surface area contributed by atoms with E-state index < -0.39 is 12.8 Å². The average Bonchev–Trinajstić information content (AvgIpc) is 2.56. The first-order chi connectivity index (χ1) is 11.8. The predicted molar refractivity (Wildman–Crippen MR) is 97.7 cm³/mol. The highest BCUT2D eigenvalue weighted by molar-refractivity contribution is 14.1. The van der Waals surface area contributed by atoms with Gasteiger partial charge in [0.1, 0.15) is 6.61 Å². The number of piperazine rings is 1. The van der Waals surface area contributed by atoms with Crippen LogP contribution in [0.3, 0.4) is 0 Å². The van der Waals surface area contributed by atoms with Gasteiger partial charge < -0.3 is 15.0 Å². The van der Waals surface area contributed by atoms with Crippen LogP contribution in [0.15, 0.2) is 24.3 Å². The fraction of sp³-hybridized carbons (Fsp3) is 0.562. The SMILES string of the molecule is O=C(Nc1ccccc1I)N1CCN(CCCOCC(F)(F)F)CC1. The summed E-state index contributed by atoms with van der Waals surface area (Å²) in [5.74, 6) is 0. The third-order valence-corrected chi connectivity index (χ3v) is 4.74. The Morgan fingerprint density at radius 2 is 1.88 bits per heavy atom. The largest absolute Gasteiger partial charge is 0.411 e. The standard InChI is InChI=1S/C16H21F3IN3O2/c17-16(18,19)12-25-11-3-6-22-7-9-23(10-8-22)15(24)21-14-5-2-1-4-13(14)20/h1-2,4-5H,3,6-12H2,(H,21,24). The Morgan fingerprint density at radius 1 is 1.20 bits per heavy atom. The normalized spacial score (nSPS) is 16.1. The Morgan fingerprint density at radius 3 is 2.52 bits per heavy atom. The molecule has 0 saturated carbocycles. The van der Waals surface area contributed by atoms with E-state index in [-0.39, 0.29) is 12.6 Å². The smallest absolute Gasteiger partial charge is 0.372 e. The summed E-state index contributed by atoms with van der Waals surface area (Å²) in [6.07, 6.45) is -3.72. The van der Waals surface area contributed by atoms with Crippen molar-refractivity contribution in [2.24, 2.45) is 0 Å². The molecule has 0 aromatic heterocycles. The number of hydrogen-bond acceptors (Lipinski definition) is 3. The fourth-order valence-electron chi connectivity index (χ4n) is 2.51. The third-order valence-electron chi connectivity index (χ3n) is 3.80. The molecule has 0 aliphatic carbocycles. The molecule has 1 aromatic carbocycles. The number of carbonyl (C=O) groups is 1. The van der Waals surface area contributed by atoms with E-state index in [0.29, 0.717) is 39.1 Å². The van der Waals surface area contributed by atoms with Gasteiger partial charge in [0.05, 0.1) is 5.69 Å². The zero-order valence-electron chi connectivity index (χ0n) is 13.7. The summed E-state index contributed by atoms with van der Waals surface area (Å²) in [6.45, 7) is 2.17. The van der Waals surface area contributed by atoms with Gasteiger partial charge in [-0.3, -0.25) is 4.90 Å². The van der Waals surface area contributed by atoms with Crippen LogP contribution in [-0.2, 0) is 4.74 Å². The van der Waals surface area contributed by atoms with E-state index in [1.54, 1.807) is 4.90 Å². The summed E-state index contributed by atoms with van der Waals surface area (Å²) < 4.78 is 41.5. The van der Waals surface area contributed by atoms with Crippen LogP contribution >= 0.6 is 22.6 Å². The van der Waals surface area contributed by atoms with E-state index in [9.17, 15) is 18.0 Å². The van der Waals surface area contributed by atoms with Gasteiger partial charge in [0.2, 0.25) is 0 Å². The number of nitrogens with one attached hydrogen (secondary N) is 1. The molecule has 9 heteroatoms. The number of para-hydroxylation sites is 1. The highest BCUT2D eigenvalue weighted by Crippen LogP contribution is 2.18. The molecule has 0 bridgehead atoms. The van der Waals surface area contributed by atoms with Crippen molar-refractivity contribution < 1.29 is 22.7 Å². The summed E-state index contributed by atoms with van der Waals surface area (Å²) >= 11 is 2.17. The van der Waals surface area contributed by atoms with Crippen LogP contribution in [0.25, 0.3) is 0 Å². The van der Waals surface area contributed by atoms with Crippen molar-refractivity contribution >= 4 is 34.3 Å². The van der Waals surface area contributed by atoms with E-state index in [4.69, 9.17) is 0 Å². The molecule has 1 N–H and O–H groups in total. The first kappa shape index (κ1) is 20.2. The van der Waals surface area contributed by atoms with Crippen LogP contribution in [0.5, 0.6) is 0 Å². The number of halogens is 4. The lowest BCUT2D eigenvalue weighted by atomic mass is 10.3. The molecule has 1 aliphatic heterocycles. The Hall–Kier alpha value is -1.07. The van der Waals surface area contributed by atoms with Crippen molar-refractivity contribution in [3.63, 3.8) is 0 Å². The first-order valence-electron chi connectivity index (χ1n) is 8.02. The quantitative estimate of drug-likeness (QED) is 0.511. The Balaban J connectivity index is 1.64. The lowest BCUT2D eigenvalue weighted by Crippen LogP contribution is -2.50. The van der Waals surface area contributed by atoms with Crippen molar-refractivity contribution in [1.29, 1.82) is 0 Å². The molecule has 140 valence electrons. The van der Waals surface area contributed by atoms with Gasteiger partial charge in [-0.2, -0.15) is 13.2 Å². The van der Waals surface area contributed by atoms with Crippen LogP contribution in [0.1, 0.15) is 6.42 Å². The van der Waals surface area contributed by atoms with Crippen LogP contribution in [0.4, 0.5) is 23.7 Å². The third kappa shape index (κ3) is 7.37. The topological polar surface area (TPSA) is 44.8 Å². The maximum absolute atomic E-state index is 12.3. The van der Waals surface area contributed by atoms with Crippen molar-refractivity contribution in [2.75, 3.05) is 51.3 Å². The van der Waals surface area contributed by atoms with Gasteiger partial charge in [-0.15, -0.1) is 0 Å². The molecular weight excluding hydrogens is 450 g/mol. The highest BCUT2D eigenvalue weighted by atomic mass is 127. The molecule has 1 aromatic rings. The summed E-state index contributed by atoms with van der Waals surface area (Å²) in [4.78, 5) is 16.2. The van der Waals surface area contributed by atoms with E-state index >= 15 is 0 Å². The molecule has 1 saturated heterocycles. The first-order valence-corrected chi connectivity index (χ1v) is 9.10. The number of hydrogen-bond donors (Lipinski definition) is 1. The number of alkyl halides is 3. The Kier molecular flexibility index (Phi) is 7.76. The molecule has 2 amide bonds. The molecule has 0 atom stereocenters. The van der Waals surface area contributed by atoms with Crippen LogP contribution < -0.4 is 5.32 Å². The van der Waals surface area contributed by atoms with Gasteiger partial charge in [0, 0.05) is 42.9 Å². The predicted octanol–water partition coefficient (Wildman–Crippen LogP) is 3.41. The monoisotopic (exact) mass is 471 g/mol. The zero-order chi connectivity index (χ0) is 18.3. The summed E-state index contributed by atoms with van der Waals surface area (Å²) in [5, 5.41) is 2.90. The Bertz CT molecular complexity index is 564. The fourth-order valence-corrected chi connectivity index (χ4v) is 3.03. The molecule has 1 heterocycles. The number of ether oxygens (including phenoxy) is 1. The van der Waals surface area contributed by atoms with Crippen molar-refractivity contribution in [3.05, 3.63) is 27.8 Å². The van der Waals surface area contributed by atoms with Gasteiger partial charge in [-0.05, 0) is 41.1 Å². The minimum Gasteiger partial charge on any atom is -0.372 e. The summed E-state index contributed by atoms with van der Waals surface area (Å²) in [5.41, 5.74) is 0.789. The number of benzene rings is 1. The summed E-state index contributed by atoms with van der Waals surface area (Å²) in [7, 11) is 0. The van der Waals surface area contributed by atoms with Crippen LogP contribution in [0.2, 0.25) is 0 Å². The summed E-state index contributed by atoms with van der Waals surface area (Å²) in [6, 6.07) is 7.44. The second-order valence-electron chi connectivity index (χ2n) is 5.76. The zero-order valence-corrected chi connectivity index (χ0v) is 15.8. The molecule has 5 nitrogen and oxygen atoms in total. The van der Waals surface area contributed by atoms with Gasteiger partial charge in [-0.1, -0.05) is 12.1 Å². The van der Waals surface area contributed by atoms with Crippen molar-refractivity contribution in [2.45, 2.75) is 12.6 Å². The van der Waals surface area contributed by atoms with Gasteiger partial charge >= 0.3 is 12.2 Å². The lowest BCUT2D eigenvalue weighted by Gasteiger charge is -2.34. The van der Waals surface area contributed by atoms with Gasteiger partial charge in [0.25, 0.3) is 0 Å². The lowest BCUT2D eigenvalue weighted by molar-refractivity contribution is -0.174. The molecule has 25 heavy (non-hydrogen) atoms. The van der Waals surface area contributed by atoms with Crippen LogP contribution in [0, 0.1) is 3.57 Å². The second-order valence-corrected chi connectivity index (χ2v) is 6.92. The van der Waals surface area contributed by atoms with E-state index in [2.05, 4.69) is 37.5 Å². The molecular formula is C16H21F3IN3O2. The Labute approximate surface area is 158 Å². The van der Waals surface area contributed by atoms with Crippen molar-refractivity contribution in [3.8, 4) is 0 Å². The minimum atomic E-state index is -4.27. The van der Waals surface area contributed by atoms with E-state index in [1.807, 2.05) is 24.3 Å². The van der Waals surface area contributed by atoms with E-state index in [1.165, 1.54) is 0 Å². The second kappa shape index (κ2) is 9.58. The number of urea groups is 1. The molecule has 0 unspecified atom stereocenters. The number of anilines is 1. The van der Waals surface area contributed by atoms with Crippen LogP contribution in [-0.4, -0.2) is 67.9 Å². The van der Waals surface area contributed by atoms with Gasteiger partial charge in [-0.25, -0.2) is 4.79 Å². The number of rotatable bonds is 6. The minimum absolute atomic E-state index is 0.0899. The average molecular weight is 471 g/mol. The molecule has 1 aliphatic rings. The maximum atomic E-state index is 12.3. The highest BCUT2D eigenvalue weighted by Gasteiger charge is 2.27. The molecule has 0 radical (unpaired) electrons. The number of carbonyl (C=O) groups excluding carboxylic acids is 1.